The summed E-state index contributed by atoms with van der Waals surface area (Å²) in [5.74, 6) is 5.47. The van der Waals surface area contributed by atoms with E-state index in [9.17, 15) is 15.2 Å². The number of nitrogens with two attached hydrogens (primary N) is 1. The van der Waals surface area contributed by atoms with Crippen molar-refractivity contribution < 1.29 is 10.0 Å². The predicted octanol–water partition coefficient (Wildman–Crippen LogP) is 1.62. The van der Waals surface area contributed by atoms with Gasteiger partial charge in [-0.1, -0.05) is 18.6 Å². The molecule has 1 heterocycles. The van der Waals surface area contributed by atoms with Crippen LogP contribution >= 0.6 is 0 Å². The maximum atomic E-state index is 11.1. The Morgan fingerprint density at radius 2 is 2.29 bits per heavy atom. The number of aliphatic hydroxyl groups excluding tert-OH is 1. The minimum atomic E-state index is -0.430. The maximum Gasteiger partial charge on any atom is 0.293 e. The predicted molar refractivity (Wildman–Crippen MR) is 80.7 cm³/mol. The number of nitro benzene ring substituents is 1. The molecule has 0 spiro atoms. The normalized spacial score (nSPS) is 19.4. The number of aliphatic hydroxyl groups is 1. The van der Waals surface area contributed by atoms with Gasteiger partial charge in [-0.15, -0.1) is 0 Å². The van der Waals surface area contributed by atoms with Crippen molar-refractivity contribution in [2.24, 2.45) is 5.84 Å². The topological polar surface area (TPSA) is 105 Å². The summed E-state index contributed by atoms with van der Waals surface area (Å²) in [4.78, 5) is 12.9. The Balaban J connectivity index is 2.21. The van der Waals surface area contributed by atoms with Gasteiger partial charge in [0.05, 0.1) is 4.92 Å². The summed E-state index contributed by atoms with van der Waals surface area (Å²) >= 11 is 0. The molecule has 0 saturated carbocycles. The molecule has 1 aromatic carbocycles. The first-order chi connectivity index (χ1) is 10.2. The van der Waals surface area contributed by atoms with Crippen molar-refractivity contribution in [1.82, 2.24) is 4.90 Å². The van der Waals surface area contributed by atoms with Crippen LogP contribution in [0.2, 0.25) is 0 Å². The number of hydrogen-bond donors (Lipinski definition) is 3. The summed E-state index contributed by atoms with van der Waals surface area (Å²) in [6, 6.07) is 5.31. The van der Waals surface area contributed by atoms with Gasteiger partial charge in [-0.2, -0.15) is 0 Å². The largest absolute Gasteiger partial charge is 0.396 e. The standard InChI is InChI=1S/C14H22N4O3/c15-16-14-11(4-3-6-13(14)18(20)21)10-17-8-2-1-5-12(17)7-9-19/h3-4,6,12,16,19H,1-2,5,7-10,15H2. The van der Waals surface area contributed by atoms with E-state index in [1.807, 2.05) is 6.07 Å². The van der Waals surface area contributed by atoms with Crippen LogP contribution in [0.15, 0.2) is 18.2 Å². The molecule has 2 rings (SSSR count). The molecule has 1 atom stereocenters. The molecule has 1 unspecified atom stereocenters. The minimum absolute atomic E-state index is 0.00859. The van der Waals surface area contributed by atoms with E-state index in [-0.39, 0.29) is 12.3 Å². The summed E-state index contributed by atoms with van der Waals surface area (Å²) in [6.45, 7) is 1.71. The van der Waals surface area contributed by atoms with Crippen molar-refractivity contribution in [3.63, 3.8) is 0 Å². The summed E-state index contributed by atoms with van der Waals surface area (Å²) < 4.78 is 0. The summed E-state index contributed by atoms with van der Waals surface area (Å²) in [7, 11) is 0. The van der Waals surface area contributed by atoms with Crippen molar-refractivity contribution in [1.29, 1.82) is 0 Å². The third-order valence-electron chi connectivity index (χ3n) is 4.05. The Morgan fingerprint density at radius 3 is 2.95 bits per heavy atom. The van der Waals surface area contributed by atoms with E-state index in [1.54, 1.807) is 6.07 Å². The van der Waals surface area contributed by atoms with Crippen molar-refractivity contribution in [3.8, 4) is 0 Å². The van der Waals surface area contributed by atoms with Crippen molar-refractivity contribution in [2.45, 2.75) is 38.3 Å². The van der Waals surface area contributed by atoms with Gasteiger partial charge >= 0.3 is 0 Å². The van der Waals surface area contributed by atoms with Gasteiger partial charge in [0.25, 0.3) is 5.69 Å². The van der Waals surface area contributed by atoms with Crippen LogP contribution in [-0.4, -0.2) is 34.1 Å². The van der Waals surface area contributed by atoms with Crippen LogP contribution in [0.3, 0.4) is 0 Å². The van der Waals surface area contributed by atoms with Crippen molar-refractivity contribution in [3.05, 3.63) is 33.9 Å². The van der Waals surface area contributed by atoms with Gasteiger partial charge in [0.1, 0.15) is 5.69 Å². The summed E-state index contributed by atoms with van der Waals surface area (Å²) in [5.41, 5.74) is 3.64. The maximum absolute atomic E-state index is 11.1. The van der Waals surface area contributed by atoms with Crippen molar-refractivity contribution in [2.75, 3.05) is 18.6 Å². The number of hydrazine groups is 1. The SMILES string of the molecule is NNc1c(CN2CCCCC2CCO)cccc1[N+](=O)[O-]. The first-order valence-corrected chi connectivity index (χ1v) is 7.25. The first kappa shape index (κ1) is 15.7. The molecule has 21 heavy (non-hydrogen) atoms. The molecule has 7 heteroatoms. The first-order valence-electron chi connectivity index (χ1n) is 7.25. The molecular weight excluding hydrogens is 272 g/mol. The van der Waals surface area contributed by atoms with Crippen molar-refractivity contribution >= 4 is 11.4 Å². The number of para-hydroxylation sites is 1. The van der Waals surface area contributed by atoms with Crippen LogP contribution in [0.4, 0.5) is 11.4 Å². The number of piperidine rings is 1. The number of nitro groups is 1. The fourth-order valence-electron chi connectivity index (χ4n) is 3.00. The van der Waals surface area contributed by atoms with Gasteiger partial charge in [0, 0.05) is 25.3 Å². The smallest absolute Gasteiger partial charge is 0.293 e. The van der Waals surface area contributed by atoms with E-state index in [1.165, 1.54) is 6.07 Å². The average Bonchev–Trinajstić information content (AvgIpc) is 2.49. The number of nitrogens with one attached hydrogen (secondary N) is 1. The monoisotopic (exact) mass is 294 g/mol. The van der Waals surface area contributed by atoms with E-state index >= 15 is 0 Å². The average molecular weight is 294 g/mol. The number of anilines is 1. The molecule has 1 saturated heterocycles. The Hall–Kier alpha value is -1.70. The molecule has 0 bridgehead atoms. The number of likely N-dealkylation sites (tertiary alicyclic amines) is 1. The van der Waals surface area contributed by atoms with Gasteiger partial charge in [-0.05, 0) is 31.4 Å². The number of hydrogen-bond acceptors (Lipinski definition) is 6. The Bertz CT molecular complexity index is 493. The fourth-order valence-corrected chi connectivity index (χ4v) is 3.00. The van der Waals surface area contributed by atoms with Gasteiger partial charge in [-0.3, -0.25) is 20.9 Å². The van der Waals surface area contributed by atoms with Crippen LogP contribution in [0.5, 0.6) is 0 Å². The molecule has 0 radical (unpaired) electrons. The minimum Gasteiger partial charge on any atom is -0.396 e. The lowest BCUT2D eigenvalue weighted by molar-refractivity contribution is -0.384. The zero-order valence-electron chi connectivity index (χ0n) is 12.0. The highest BCUT2D eigenvalue weighted by atomic mass is 16.6. The van der Waals surface area contributed by atoms with Crippen LogP contribution in [-0.2, 0) is 6.54 Å². The van der Waals surface area contributed by atoms with E-state index in [4.69, 9.17) is 5.84 Å². The van der Waals surface area contributed by atoms with E-state index < -0.39 is 4.92 Å². The van der Waals surface area contributed by atoms with Crippen LogP contribution < -0.4 is 11.3 Å². The quantitative estimate of drug-likeness (QED) is 0.418. The van der Waals surface area contributed by atoms with Crippen LogP contribution in [0.1, 0.15) is 31.2 Å². The van der Waals surface area contributed by atoms with E-state index in [0.29, 0.717) is 18.3 Å². The molecule has 1 aromatic rings. The number of benzene rings is 1. The molecule has 0 aromatic heterocycles. The molecule has 0 aliphatic carbocycles. The third kappa shape index (κ3) is 3.69. The molecule has 0 amide bonds. The van der Waals surface area contributed by atoms with Crippen LogP contribution in [0, 0.1) is 10.1 Å². The van der Waals surface area contributed by atoms with E-state index in [0.717, 1.165) is 37.8 Å². The van der Waals surface area contributed by atoms with Gasteiger partial charge < -0.3 is 10.5 Å². The highest BCUT2D eigenvalue weighted by Crippen LogP contribution is 2.30. The second-order valence-electron chi connectivity index (χ2n) is 5.35. The third-order valence-corrected chi connectivity index (χ3v) is 4.05. The lowest BCUT2D eigenvalue weighted by atomic mass is 9.98. The molecule has 1 aliphatic heterocycles. The fraction of sp³-hybridized carbons (Fsp3) is 0.571. The zero-order chi connectivity index (χ0) is 15.2. The lowest BCUT2D eigenvalue weighted by Gasteiger charge is -2.35. The zero-order valence-corrected chi connectivity index (χ0v) is 12.0. The lowest BCUT2D eigenvalue weighted by Crippen LogP contribution is -2.39. The number of nitrogen functional groups attached to an aromatic ring is 1. The second-order valence-corrected chi connectivity index (χ2v) is 5.35. The van der Waals surface area contributed by atoms with E-state index in [2.05, 4.69) is 10.3 Å². The molecule has 1 fully saturated rings. The number of nitrogens with zero attached hydrogens (tertiary/aromatic N) is 2. The summed E-state index contributed by atoms with van der Waals surface area (Å²) in [6.07, 6.45) is 4.07. The van der Waals surface area contributed by atoms with Gasteiger partial charge in [0.15, 0.2) is 0 Å². The molecule has 4 N–H and O–H groups in total. The molecular formula is C14H22N4O3. The Labute approximate surface area is 123 Å². The van der Waals surface area contributed by atoms with Gasteiger partial charge in [0.2, 0.25) is 0 Å². The highest BCUT2D eigenvalue weighted by Gasteiger charge is 2.24. The summed E-state index contributed by atoms with van der Waals surface area (Å²) in [5, 5.41) is 20.2. The highest BCUT2D eigenvalue weighted by molar-refractivity contribution is 5.65. The molecule has 116 valence electrons. The second kappa shape index (κ2) is 7.35. The number of rotatable bonds is 6. The molecule has 7 nitrogen and oxygen atoms in total. The molecule has 1 aliphatic rings. The van der Waals surface area contributed by atoms with Crippen LogP contribution in [0.25, 0.3) is 0 Å². The Morgan fingerprint density at radius 1 is 1.48 bits per heavy atom. The Kier molecular flexibility index (Phi) is 5.49. The van der Waals surface area contributed by atoms with Gasteiger partial charge in [-0.25, -0.2) is 0 Å².